The maximum Gasteiger partial charge on any atom is 0.254 e. The number of hydrogen-bond acceptors (Lipinski definition) is 3. The number of pyridine rings is 1. The molecule has 0 bridgehead atoms. The molecule has 0 saturated heterocycles. The third-order valence-electron chi connectivity index (χ3n) is 2.62. The van der Waals surface area contributed by atoms with E-state index in [1.54, 1.807) is 40.8 Å². The van der Waals surface area contributed by atoms with E-state index in [0.717, 1.165) is 0 Å². The number of aryl methyl sites for hydroxylation is 1. The number of hydrogen-bond donors (Lipinski definition) is 0. The summed E-state index contributed by atoms with van der Waals surface area (Å²) in [5, 5.41) is 2.05. The Morgan fingerprint density at radius 3 is 2.65 bits per heavy atom. The van der Waals surface area contributed by atoms with Crippen molar-refractivity contribution in [3.8, 4) is 0 Å². The molecule has 0 atom stereocenters. The van der Waals surface area contributed by atoms with Crippen molar-refractivity contribution in [3.05, 3.63) is 52.0 Å². The number of aromatic nitrogens is 1. The number of amides is 1. The minimum atomic E-state index is 0.0280. The summed E-state index contributed by atoms with van der Waals surface area (Å²) >= 11 is 1.68. The molecule has 0 aliphatic rings. The minimum Gasteiger partial charge on any atom is -0.337 e. The lowest BCUT2D eigenvalue weighted by molar-refractivity contribution is 0.0786. The van der Waals surface area contributed by atoms with Crippen molar-refractivity contribution in [1.29, 1.82) is 0 Å². The number of carbonyl (C=O) groups excluding carboxylic acids is 1. The average molecular weight is 246 g/mol. The van der Waals surface area contributed by atoms with E-state index in [-0.39, 0.29) is 5.91 Å². The van der Waals surface area contributed by atoms with Crippen molar-refractivity contribution in [2.24, 2.45) is 0 Å². The average Bonchev–Trinajstić information content (AvgIpc) is 2.75. The Bertz CT molecular complexity index is 507. The van der Waals surface area contributed by atoms with Crippen LogP contribution in [0, 0.1) is 6.92 Å². The molecule has 2 rings (SSSR count). The van der Waals surface area contributed by atoms with Gasteiger partial charge in [-0.1, -0.05) is 0 Å². The van der Waals surface area contributed by atoms with E-state index in [0.29, 0.717) is 12.1 Å². The van der Waals surface area contributed by atoms with Crippen LogP contribution in [-0.2, 0) is 6.54 Å². The van der Waals surface area contributed by atoms with E-state index >= 15 is 0 Å². The van der Waals surface area contributed by atoms with E-state index in [2.05, 4.69) is 23.4 Å². The zero-order chi connectivity index (χ0) is 12.3. The summed E-state index contributed by atoms with van der Waals surface area (Å²) in [6.45, 7) is 2.72. The zero-order valence-electron chi connectivity index (χ0n) is 9.88. The molecule has 0 fully saturated rings. The Balaban J connectivity index is 2.09. The van der Waals surface area contributed by atoms with Crippen LogP contribution in [0.4, 0.5) is 0 Å². The quantitative estimate of drug-likeness (QED) is 0.834. The lowest BCUT2D eigenvalue weighted by atomic mass is 10.2. The highest BCUT2D eigenvalue weighted by Gasteiger charge is 2.12. The number of carbonyl (C=O) groups is 1. The minimum absolute atomic E-state index is 0.0280. The van der Waals surface area contributed by atoms with Gasteiger partial charge in [0.15, 0.2) is 0 Å². The summed E-state index contributed by atoms with van der Waals surface area (Å²) in [4.78, 5) is 19.0. The first-order valence-corrected chi connectivity index (χ1v) is 6.25. The summed E-state index contributed by atoms with van der Waals surface area (Å²) in [6, 6.07) is 5.55. The van der Waals surface area contributed by atoms with E-state index < -0.39 is 0 Å². The topological polar surface area (TPSA) is 33.2 Å². The fourth-order valence-electron chi connectivity index (χ4n) is 1.57. The van der Waals surface area contributed by atoms with Crippen molar-refractivity contribution in [2.75, 3.05) is 7.05 Å². The Hall–Kier alpha value is -1.68. The molecule has 0 saturated carbocycles. The molecular weight excluding hydrogens is 232 g/mol. The van der Waals surface area contributed by atoms with Crippen LogP contribution >= 0.6 is 11.3 Å². The van der Waals surface area contributed by atoms with Gasteiger partial charge in [0.05, 0.1) is 6.54 Å². The van der Waals surface area contributed by atoms with Crippen molar-refractivity contribution in [3.63, 3.8) is 0 Å². The second kappa shape index (κ2) is 5.10. The molecule has 2 aromatic heterocycles. The molecule has 2 heterocycles. The largest absolute Gasteiger partial charge is 0.337 e. The predicted octanol–water partition coefficient (Wildman–Crippen LogP) is 2.72. The molecule has 2 aromatic rings. The highest BCUT2D eigenvalue weighted by atomic mass is 32.1. The first-order valence-electron chi connectivity index (χ1n) is 5.37. The maximum absolute atomic E-state index is 12.1. The van der Waals surface area contributed by atoms with Gasteiger partial charge in [-0.25, -0.2) is 0 Å². The van der Waals surface area contributed by atoms with Gasteiger partial charge in [-0.2, -0.15) is 0 Å². The van der Waals surface area contributed by atoms with Crippen molar-refractivity contribution >= 4 is 17.2 Å². The maximum atomic E-state index is 12.1. The third-order valence-corrected chi connectivity index (χ3v) is 3.63. The van der Waals surface area contributed by atoms with Gasteiger partial charge in [-0.3, -0.25) is 9.78 Å². The van der Waals surface area contributed by atoms with Gasteiger partial charge in [-0.15, -0.1) is 11.3 Å². The molecule has 0 unspecified atom stereocenters. The van der Waals surface area contributed by atoms with Gasteiger partial charge in [0, 0.05) is 29.9 Å². The van der Waals surface area contributed by atoms with Crippen LogP contribution in [0.2, 0.25) is 0 Å². The summed E-state index contributed by atoms with van der Waals surface area (Å²) in [7, 11) is 1.82. The number of rotatable bonds is 3. The van der Waals surface area contributed by atoms with Gasteiger partial charge in [-0.05, 0) is 36.1 Å². The fourth-order valence-corrected chi connectivity index (χ4v) is 2.53. The summed E-state index contributed by atoms with van der Waals surface area (Å²) < 4.78 is 0. The van der Waals surface area contributed by atoms with E-state index in [9.17, 15) is 4.79 Å². The molecule has 88 valence electrons. The number of nitrogens with zero attached hydrogens (tertiary/aromatic N) is 2. The molecule has 3 nitrogen and oxygen atoms in total. The molecule has 17 heavy (non-hydrogen) atoms. The van der Waals surface area contributed by atoms with Crippen LogP contribution in [0.5, 0.6) is 0 Å². The van der Waals surface area contributed by atoms with Gasteiger partial charge in [0.2, 0.25) is 0 Å². The van der Waals surface area contributed by atoms with Crippen molar-refractivity contribution < 1.29 is 4.79 Å². The standard InChI is InChI=1S/C13H14N2OS/c1-10-5-8-17-12(10)9-15(2)13(16)11-3-6-14-7-4-11/h3-8H,9H2,1-2H3. The highest BCUT2D eigenvalue weighted by Crippen LogP contribution is 2.18. The Labute approximate surface area is 105 Å². The Morgan fingerprint density at radius 2 is 2.06 bits per heavy atom. The second-order valence-corrected chi connectivity index (χ2v) is 4.92. The molecule has 0 aliphatic heterocycles. The molecule has 0 aliphatic carbocycles. The second-order valence-electron chi connectivity index (χ2n) is 3.92. The molecule has 0 radical (unpaired) electrons. The smallest absolute Gasteiger partial charge is 0.254 e. The highest BCUT2D eigenvalue weighted by molar-refractivity contribution is 7.10. The van der Waals surface area contributed by atoms with Gasteiger partial charge in [0.1, 0.15) is 0 Å². The molecular formula is C13H14N2OS. The third kappa shape index (κ3) is 2.71. The summed E-state index contributed by atoms with van der Waals surface area (Å²) in [5.41, 5.74) is 1.92. The zero-order valence-corrected chi connectivity index (χ0v) is 10.7. The molecule has 0 spiro atoms. The monoisotopic (exact) mass is 246 g/mol. The van der Waals surface area contributed by atoms with Crippen LogP contribution in [-0.4, -0.2) is 22.8 Å². The number of thiophene rings is 1. The lowest BCUT2D eigenvalue weighted by Gasteiger charge is -2.16. The first-order chi connectivity index (χ1) is 8.18. The fraction of sp³-hybridized carbons (Fsp3) is 0.231. The van der Waals surface area contributed by atoms with Crippen molar-refractivity contribution in [2.45, 2.75) is 13.5 Å². The summed E-state index contributed by atoms with van der Waals surface area (Å²) in [5.74, 6) is 0.0280. The van der Waals surface area contributed by atoms with Crippen LogP contribution in [0.3, 0.4) is 0 Å². The van der Waals surface area contributed by atoms with Crippen LogP contribution in [0.1, 0.15) is 20.8 Å². The SMILES string of the molecule is Cc1ccsc1CN(C)C(=O)c1ccncc1. The summed E-state index contributed by atoms with van der Waals surface area (Å²) in [6.07, 6.45) is 3.27. The van der Waals surface area contributed by atoms with Crippen molar-refractivity contribution in [1.82, 2.24) is 9.88 Å². The van der Waals surface area contributed by atoms with Gasteiger partial charge < -0.3 is 4.90 Å². The first kappa shape index (κ1) is 11.8. The Kier molecular flexibility index (Phi) is 3.54. The Morgan fingerprint density at radius 1 is 1.35 bits per heavy atom. The van der Waals surface area contributed by atoms with E-state index in [1.807, 2.05) is 7.05 Å². The van der Waals surface area contributed by atoms with Crippen LogP contribution in [0.25, 0.3) is 0 Å². The van der Waals surface area contributed by atoms with Crippen LogP contribution < -0.4 is 0 Å². The lowest BCUT2D eigenvalue weighted by Crippen LogP contribution is -2.26. The molecule has 4 heteroatoms. The normalized spacial score (nSPS) is 10.2. The molecule has 1 amide bonds. The van der Waals surface area contributed by atoms with Gasteiger partial charge >= 0.3 is 0 Å². The predicted molar refractivity (Wildman–Crippen MR) is 69.1 cm³/mol. The van der Waals surface area contributed by atoms with E-state index in [4.69, 9.17) is 0 Å². The molecule has 0 N–H and O–H groups in total. The molecule has 0 aromatic carbocycles. The van der Waals surface area contributed by atoms with Crippen LogP contribution in [0.15, 0.2) is 36.0 Å². The van der Waals surface area contributed by atoms with E-state index in [1.165, 1.54) is 10.4 Å². The van der Waals surface area contributed by atoms with Gasteiger partial charge in [0.25, 0.3) is 5.91 Å².